The lowest BCUT2D eigenvalue weighted by atomic mass is 10.0. The number of ether oxygens (including phenoxy) is 2. The summed E-state index contributed by atoms with van der Waals surface area (Å²) in [6, 6.07) is 13.0. The summed E-state index contributed by atoms with van der Waals surface area (Å²) in [5.41, 5.74) is 1.63. The summed E-state index contributed by atoms with van der Waals surface area (Å²) in [7, 11) is 3.25. The van der Waals surface area contributed by atoms with Gasteiger partial charge in [-0.2, -0.15) is 5.10 Å². The van der Waals surface area contributed by atoms with E-state index in [2.05, 4.69) is 5.10 Å². The van der Waals surface area contributed by atoms with Crippen LogP contribution >= 0.6 is 0 Å². The third-order valence-corrected chi connectivity index (χ3v) is 5.67. The van der Waals surface area contributed by atoms with Gasteiger partial charge in [0.05, 0.1) is 38.5 Å². The van der Waals surface area contributed by atoms with Gasteiger partial charge >= 0.3 is 0 Å². The minimum absolute atomic E-state index is 0.0166. The number of carbonyl (C=O) groups is 1. The number of rotatable bonds is 6. The molecule has 1 atom stereocenters. The standard InChI is InChI=1S/C23H25N3O4/c1-29-16-9-10-18(22(14-16)30-2)19-8-5-12-25(19)23(28)11-13-26-20-7-4-3-6-17(20)21(27)15-24-26/h3-4,6-7,9-10,14-15,19H,5,8,11-13H2,1-2H3. The smallest absolute Gasteiger partial charge is 0.224 e. The Morgan fingerprint density at radius 1 is 1.17 bits per heavy atom. The van der Waals surface area contributed by atoms with Crippen LogP contribution in [-0.2, 0) is 11.3 Å². The molecule has 0 aliphatic carbocycles. The number of hydrogen-bond donors (Lipinski definition) is 0. The number of amides is 1. The van der Waals surface area contributed by atoms with Crippen LogP contribution in [0.2, 0.25) is 0 Å². The second-order valence-electron chi connectivity index (χ2n) is 7.35. The van der Waals surface area contributed by atoms with E-state index in [9.17, 15) is 9.59 Å². The van der Waals surface area contributed by atoms with Crippen LogP contribution in [-0.4, -0.2) is 41.4 Å². The van der Waals surface area contributed by atoms with Crippen LogP contribution in [0, 0.1) is 0 Å². The predicted molar refractivity (Wildman–Crippen MR) is 114 cm³/mol. The Labute approximate surface area is 174 Å². The van der Waals surface area contributed by atoms with Gasteiger partial charge in [0, 0.05) is 30.0 Å². The minimum Gasteiger partial charge on any atom is -0.497 e. The Hall–Kier alpha value is -3.35. The number of fused-ring (bicyclic) bond motifs is 1. The third kappa shape index (κ3) is 3.75. The highest BCUT2D eigenvalue weighted by molar-refractivity contribution is 5.79. The van der Waals surface area contributed by atoms with Crippen LogP contribution in [0.4, 0.5) is 0 Å². The molecule has 156 valence electrons. The van der Waals surface area contributed by atoms with E-state index in [0.717, 1.165) is 42.0 Å². The Bertz CT molecular complexity index is 1120. The van der Waals surface area contributed by atoms with Crippen LogP contribution in [0.25, 0.3) is 10.9 Å². The highest BCUT2D eigenvalue weighted by Crippen LogP contribution is 2.39. The molecule has 1 amide bonds. The summed E-state index contributed by atoms with van der Waals surface area (Å²) in [6.07, 6.45) is 3.47. The summed E-state index contributed by atoms with van der Waals surface area (Å²) in [6.45, 7) is 1.14. The number of likely N-dealkylation sites (tertiary alicyclic amines) is 1. The number of benzene rings is 2. The molecule has 0 saturated carbocycles. The van der Waals surface area contributed by atoms with Gasteiger partial charge in [0.15, 0.2) is 0 Å². The zero-order valence-corrected chi connectivity index (χ0v) is 17.2. The largest absolute Gasteiger partial charge is 0.497 e. The number of aromatic nitrogens is 2. The molecule has 1 unspecified atom stereocenters. The van der Waals surface area contributed by atoms with Crippen LogP contribution < -0.4 is 14.9 Å². The van der Waals surface area contributed by atoms with E-state index in [4.69, 9.17) is 9.47 Å². The molecule has 1 aliphatic heterocycles. The minimum atomic E-state index is -0.112. The summed E-state index contributed by atoms with van der Waals surface area (Å²) in [4.78, 5) is 27.0. The lowest BCUT2D eigenvalue weighted by Gasteiger charge is -2.27. The maximum absolute atomic E-state index is 13.1. The molecule has 1 aromatic heterocycles. The van der Waals surface area contributed by atoms with E-state index in [1.165, 1.54) is 6.20 Å². The highest BCUT2D eigenvalue weighted by atomic mass is 16.5. The summed E-state index contributed by atoms with van der Waals surface area (Å²) >= 11 is 0. The molecule has 0 N–H and O–H groups in total. The van der Waals surface area contributed by atoms with Crippen molar-refractivity contribution in [2.24, 2.45) is 0 Å². The second kappa shape index (κ2) is 8.57. The molecule has 0 spiro atoms. The second-order valence-corrected chi connectivity index (χ2v) is 7.35. The molecule has 1 aliphatic rings. The maximum Gasteiger partial charge on any atom is 0.224 e. The average molecular weight is 407 g/mol. The van der Waals surface area contributed by atoms with Crippen molar-refractivity contribution in [3.05, 3.63) is 64.4 Å². The first-order chi connectivity index (χ1) is 14.6. The van der Waals surface area contributed by atoms with Gasteiger partial charge in [-0.25, -0.2) is 0 Å². The molecule has 7 nitrogen and oxygen atoms in total. The van der Waals surface area contributed by atoms with Gasteiger partial charge in [-0.05, 0) is 37.1 Å². The van der Waals surface area contributed by atoms with Crippen LogP contribution in [0.1, 0.15) is 30.9 Å². The van der Waals surface area contributed by atoms with Crippen molar-refractivity contribution in [2.75, 3.05) is 20.8 Å². The number of para-hydroxylation sites is 1. The number of aryl methyl sites for hydroxylation is 1. The first kappa shape index (κ1) is 19.9. The molecule has 4 rings (SSSR count). The summed E-state index contributed by atoms with van der Waals surface area (Å²) in [5.74, 6) is 1.52. The maximum atomic E-state index is 13.1. The monoisotopic (exact) mass is 407 g/mol. The lowest BCUT2D eigenvalue weighted by Crippen LogP contribution is -2.31. The fourth-order valence-corrected chi connectivity index (χ4v) is 4.17. The van der Waals surface area contributed by atoms with Gasteiger partial charge in [-0.3, -0.25) is 14.3 Å². The molecule has 2 aromatic carbocycles. The van der Waals surface area contributed by atoms with Gasteiger partial charge in [0.1, 0.15) is 11.5 Å². The van der Waals surface area contributed by atoms with Crippen LogP contribution in [0.5, 0.6) is 11.5 Å². The van der Waals surface area contributed by atoms with Crippen molar-refractivity contribution in [1.82, 2.24) is 14.7 Å². The molecule has 1 fully saturated rings. The Kier molecular flexibility index (Phi) is 5.70. The van der Waals surface area contributed by atoms with Gasteiger partial charge in [-0.1, -0.05) is 12.1 Å². The number of methoxy groups -OCH3 is 2. The fraction of sp³-hybridized carbons (Fsp3) is 0.348. The van der Waals surface area contributed by atoms with E-state index in [1.807, 2.05) is 41.3 Å². The van der Waals surface area contributed by atoms with Crippen LogP contribution in [0.3, 0.4) is 0 Å². The molecular formula is C23H25N3O4. The van der Waals surface area contributed by atoms with E-state index in [0.29, 0.717) is 18.4 Å². The number of carbonyl (C=O) groups excluding carboxylic acids is 1. The third-order valence-electron chi connectivity index (χ3n) is 5.67. The summed E-state index contributed by atoms with van der Waals surface area (Å²) in [5, 5.41) is 4.84. The van der Waals surface area contributed by atoms with Crippen molar-refractivity contribution in [1.29, 1.82) is 0 Å². The Morgan fingerprint density at radius 2 is 2.00 bits per heavy atom. The molecule has 0 radical (unpaired) electrons. The molecular weight excluding hydrogens is 382 g/mol. The topological polar surface area (TPSA) is 73.7 Å². The SMILES string of the molecule is COc1ccc(C2CCCN2C(=O)CCn2ncc(=O)c3ccccc32)c(OC)c1. The highest BCUT2D eigenvalue weighted by Gasteiger charge is 2.31. The van der Waals surface area contributed by atoms with E-state index in [-0.39, 0.29) is 17.4 Å². The summed E-state index contributed by atoms with van der Waals surface area (Å²) < 4.78 is 12.6. The van der Waals surface area contributed by atoms with Crippen molar-refractivity contribution < 1.29 is 14.3 Å². The van der Waals surface area contributed by atoms with Crippen molar-refractivity contribution >= 4 is 16.8 Å². The normalized spacial score (nSPS) is 16.1. The fourth-order valence-electron chi connectivity index (χ4n) is 4.17. The van der Waals surface area contributed by atoms with Crippen LogP contribution in [0.15, 0.2) is 53.5 Å². The zero-order chi connectivity index (χ0) is 21.1. The van der Waals surface area contributed by atoms with Crippen molar-refractivity contribution in [3.8, 4) is 11.5 Å². The molecule has 1 saturated heterocycles. The molecule has 3 aromatic rings. The van der Waals surface area contributed by atoms with Gasteiger partial charge in [-0.15, -0.1) is 0 Å². The first-order valence-electron chi connectivity index (χ1n) is 10.1. The van der Waals surface area contributed by atoms with E-state index < -0.39 is 0 Å². The molecule has 30 heavy (non-hydrogen) atoms. The number of hydrogen-bond acceptors (Lipinski definition) is 5. The van der Waals surface area contributed by atoms with Crippen molar-refractivity contribution in [2.45, 2.75) is 31.8 Å². The Balaban J connectivity index is 1.53. The quantitative estimate of drug-likeness (QED) is 0.628. The lowest BCUT2D eigenvalue weighted by molar-refractivity contribution is -0.132. The van der Waals surface area contributed by atoms with E-state index >= 15 is 0 Å². The van der Waals surface area contributed by atoms with Gasteiger partial charge in [0.2, 0.25) is 11.3 Å². The van der Waals surface area contributed by atoms with Crippen molar-refractivity contribution in [3.63, 3.8) is 0 Å². The molecule has 0 bridgehead atoms. The molecule has 2 heterocycles. The van der Waals surface area contributed by atoms with E-state index in [1.54, 1.807) is 25.0 Å². The average Bonchev–Trinajstić information content (AvgIpc) is 3.28. The number of nitrogens with zero attached hydrogens (tertiary/aromatic N) is 3. The molecule has 7 heteroatoms. The van der Waals surface area contributed by atoms with Gasteiger partial charge < -0.3 is 14.4 Å². The zero-order valence-electron chi connectivity index (χ0n) is 17.2. The predicted octanol–water partition coefficient (Wildman–Crippen LogP) is 3.17. The first-order valence-corrected chi connectivity index (χ1v) is 10.1. The Morgan fingerprint density at radius 3 is 2.80 bits per heavy atom. The van der Waals surface area contributed by atoms with Gasteiger partial charge in [0.25, 0.3) is 0 Å².